The zero-order valence-electron chi connectivity index (χ0n) is 10.8. The molecule has 1 aromatic carbocycles. The molecule has 0 amide bonds. The van der Waals surface area contributed by atoms with Gasteiger partial charge in [0.15, 0.2) is 5.78 Å². The summed E-state index contributed by atoms with van der Waals surface area (Å²) < 4.78 is 0. The molecule has 96 valence electrons. The molecule has 1 unspecified atom stereocenters. The van der Waals surface area contributed by atoms with Gasteiger partial charge < -0.3 is 10.6 Å². The molecule has 0 fully saturated rings. The van der Waals surface area contributed by atoms with Gasteiger partial charge >= 0.3 is 0 Å². The Bertz CT molecular complexity index is 454. The summed E-state index contributed by atoms with van der Waals surface area (Å²) in [5, 5.41) is 6.48. The van der Waals surface area contributed by atoms with Gasteiger partial charge in [-0.25, -0.2) is 0 Å². The lowest BCUT2D eigenvalue weighted by Crippen LogP contribution is -2.34. The fourth-order valence-electron chi connectivity index (χ4n) is 2.23. The zero-order valence-corrected chi connectivity index (χ0v) is 10.8. The molecule has 18 heavy (non-hydrogen) atoms. The van der Waals surface area contributed by atoms with Crippen LogP contribution in [-0.2, 0) is 6.42 Å². The second-order valence-corrected chi connectivity index (χ2v) is 4.69. The van der Waals surface area contributed by atoms with Crippen molar-refractivity contribution in [3.8, 4) is 0 Å². The number of carbonyl (C=O) groups excluding carboxylic acids is 1. The van der Waals surface area contributed by atoms with Gasteiger partial charge in [-0.05, 0) is 43.5 Å². The Hall–Kier alpha value is -1.61. The van der Waals surface area contributed by atoms with Crippen molar-refractivity contribution < 1.29 is 4.79 Å². The number of fused-ring (bicyclic) bond motifs is 1. The van der Waals surface area contributed by atoms with E-state index in [0.29, 0.717) is 6.54 Å². The van der Waals surface area contributed by atoms with E-state index < -0.39 is 0 Å². The highest BCUT2D eigenvalue weighted by atomic mass is 16.1. The van der Waals surface area contributed by atoms with Gasteiger partial charge in [0.1, 0.15) is 0 Å². The first kappa shape index (κ1) is 12.8. The molecule has 2 rings (SSSR count). The summed E-state index contributed by atoms with van der Waals surface area (Å²) in [6.45, 7) is 7.21. The molecule has 0 aliphatic carbocycles. The number of aryl methyl sites for hydroxylation is 1. The lowest BCUT2D eigenvalue weighted by molar-refractivity contribution is 0.0953. The Balaban J connectivity index is 2.13. The third-order valence-corrected chi connectivity index (χ3v) is 3.29. The first-order chi connectivity index (χ1) is 8.72. The van der Waals surface area contributed by atoms with Crippen LogP contribution >= 0.6 is 0 Å². The Kier molecular flexibility index (Phi) is 4.15. The monoisotopic (exact) mass is 244 g/mol. The Morgan fingerprint density at radius 1 is 1.61 bits per heavy atom. The molecule has 1 aromatic rings. The SMILES string of the molecule is C=CCNC(C)C(=O)c1ccc2c(c1)CCCN2. The molecule has 1 aliphatic heterocycles. The number of ketones is 1. The third-order valence-electron chi connectivity index (χ3n) is 3.29. The summed E-state index contributed by atoms with van der Waals surface area (Å²) >= 11 is 0. The fraction of sp³-hybridized carbons (Fsp3) is 0.400. The number of nitrogens with one attached hydrogen (secondary N) is 2. The third kappa shape index (κ3) is 2.79. The summed E-state index contributed by atoms with van der Waals surface area (Å²) in [7, 11) is 0. The quantitative estimate of drug-likeness (QED) is 0.617. The van der Waals surface area contributed by atoms with Crippen LogP contribution in [0.2, 0.25) is 0 Å². The Labute approximate surface area is 108 Å². The summed E-state index contributed by atoms with van der Waals surface area (Å²) in [4.78, 5) is 12.2. The molecule has 0 radical (unpaired) electrons. The highest BCUT2D eigenvalue weighted by Gasteiger charge is 2.16. The molecule has 0 saturated carbocycles. The lowest BCUT2D eigenvalue weighted by Gasteiger charge is -2.19. The zero-order chi connectivity index (χ0) is 13.0. The van der Waals surface area contributed by atoms with Crippen LogP contribution in [0.15, 0.2) is 30.9 Å². The summed E-state index contributed by atoms with van der Waals surface area (Å²) in [5.41, 5.74) is 3.22. The number of hydrogen-bond acceptors (Lipinski definition) is 3. The van der Waals surface area contributed by atoms with E-state index in [1.807, 2.05) is 25.1 Å². The van der Waals surface area contributed by atoms with E-state index in [0.717, 1.165) is 24.9 Å². The second kappa shape index (κ2) is 5.83. The van der Waals surface area contributed by atoms with Crippen LogP contribution in [0.4, 0.5) is 5.69 Å². The Morgan fingerprint density at radius 3 is 3.22 bits per heavy atom. The van der Waals surface area contributed by atoms with Crippen molar-refractivity contribution in [2.45, 2.75) is 25.8 Å². The molecule has 1 heterocycles. The summed E-state index contributed by atoms with van der Waals surface area (Å²) in [6, 6.07) is 5.78. The van der Waals surface area contributed by atoms with E-state index >= 15 is 0 Å². The normalized spacial score (nSPS) is 15.4. The van der Waals surface area contributed by atoms with Crippen molar-refractivity contribution in [1.29, 1.82) is 0 Å². The van der Waals surface area contributed by atoms with Crippen LogP contribution in [0.25, 0.3) is 0 Å². The van der Waals surface area contributed by atoms with Crippen molar-refractivity contribution in [1.82, 2.24) is 5.32 Å². The largest absolute Gasteiger partial charge is 0.385 e. The smallest absolute Gasteiger partial charge is 0.179 e. The summed E-state index contributed by atoms with van der Waals surface area (Å²) in [6.07, 6.45) is 3.95. The highest BCUT2D eigenvalue weighted by molar-refractivity contribution is 6.00. The maximum Gasteiger partial charge on any atom is 0.179 e. The molecule has 2 N–H and O–H groups in total. The van der Waals surface area contributed by atoms with Crippen LogP contribution in [0.3, 0.4) is 0 Å². The van der Waals surface area contributed by atoms with Gasteiger partial charge in [0, 0.05) is 24.3 Å². The fourth-order valence-corrected chi connectivity index (χ4v) is 2.23. The van der Waals surface area contributed by atoms with Gasteiger partial charge in [-0.3, -0.25) is 4.79 Å². The minimum absolute atomic E-state index is 0.144. The molecular formula is C15H20N2O. The number of rotatable bonds is 5. The first-order valence-corrected chi connectivity index (χ1v) is 6.47. The molecule has 0 saturated heterocycles. The maximum absolute atomic E-state index is 12.2. The average Bonchev–Trinajstić information content (AvgIpc) is 2.43. The van der Waals surface area contributed by atoms with E-state index in [1.165, 1.54) is 11.3 Å². The average molecular weight is 244 g/mol. The molecule has 0 spiro atoms. The van der Waals surface area contributed by atoms with Crippen molar-refractivity contribution in [2.24, 2.45) is 0 Å². The van der Waals surface area contributed by atoms with E-state index in [9.17, 15) is 4.79 Å². The summed E-state index contributed by atoms with van der Waals surface area (Å²) in [5.74, 6) is 0.144. The van der Waals surface area contributed by atoms with E-state index in [-0.39, 0.29) is 11.8 Å². The molecule has 3 nitrogen and oxygen atoms in total. The predicted molar refractivity (Wildman–Crippen MR) is 75.2 cm³/mol. The van der Waals surface area contributed by atoms with Crippen LogP contribution in [0.5, 0.6) is 0 Å². The van der Waals surface area contributed by atoms with E-state index in [1.54, 1.807) is 6.08 Å². The van der Waals surface area contributed by atoms with E-state index in [4.69, 9.17) is 0 Å². The van der Waals surface area contributed by atoms with Crippen LogP contribution in [0.1, 0.15) is 29.3 Å². The van der Waals surface area contributed by atoms with Crippen LogP contribution in [-0.4, -0.2) is 24.9 Å². The molecular weight excluding hydrogens is 224 g/mol. The molecule has 1 atom stereocenters. The Morgan fingerprint density at radius 2 is 2.44 bits per heavy atom. The van der Waals surface area contributed by atoms with Crippen molar-refractivity contribution >= 4 is 11.5 Å². The highest BCUT2D eigenvalue weighted by Crippen LogP contribution is 2.23. The number of carbonyl (C=O) groups is 1. The number of benzene rings is 1. The lowest BCUT2D eigenvalue weighted by atomic mass is 9.97. The predicted octanol–water partition coefficient (Wildman–Crippen LogP) is 2.39. The van der Waals surface area contributed by atoms with Gasteiger partial charge in [-0.15, -0.1) is 6.58 Å². The molecule has 0 aromatic heterocycles. The van der Waals surface area contributed by atoms with Crippen molar-refractivity contribution in [3.05, 3.63) is 42.0 Å². The van der Waals surface area contributed by atoms with E-state index in [2.05, 4.69) is 17.2 Å². The van der Waals surface area contributed by atoms with Gasteiger partial charge in [0.05, 0.1) is 6.04 Å². The standard InChI is InChI=1S/C15H20N2O/c1-3-8-16-11(2)15(18)13-6-7-14-12(10-13)5-4-9-17-14/h3,6-7,10-11,16-17H,1,4-5,8-9H2,2H3. The molecule has 0 bridgehead atoms. The van der Waals surface area contributed by atoms with Gasteiger partial charge in [-0.2, -0.15) is 0 Å². The van der Waals surface area contributed by atoms with Gasteiger partial charge in [0.2, 0.25) is 0 Å². The number of anilines is 1. The maximum atomic E-state index is 12.2. The molecule has 3 heteroatoms. The topological polar surface area (TPSA) is 41.1 Å². The minimum atomic E-state index is -0.169. The van der Waals surface area contributed by atoms with Crippen molar-refractivity contribution in [3.63, 3.8) is 0 Å². The second-order valence-electron chi connectivity index (χ2n) is 4.69. The van der Waals surface area contributed by atoms with Crippen LogP contribution in [0, 0.1) is 0 Å². The minimum Gasteiger partial charge on any atom is -0.385 e. The van der Waals surface area contributed by atoms with Gasteiger partial charge in [-0.1, -0.05) is 6.08 Å². The van der Waals surface area contributed by atoms with Gasteiger partial charge in [0.25, 0.3) is 0 Å². The molecule has 1 aliphatic rings. The first-order valence-electron chi connectivity index (χ1n) is 6.47. The number of Topliss-reactive ketones (excluding diaryl/α,β-unsaturated/α-hetero) is 1. The van der Waals surface area contributed by atoms with Crippen molar-refractivity contribution in [2.75, 3.05) is 18.4 Å². The number of hydrogen-bond donors (Lipinski definition) is 2. The van der Waals surface area contributed by atoms with Crippen LogP contribution < -0.4 is 10.6 Å².